The van der Waals surface area contributed by atoms with E-state index in [0.717, 1.165) is 12.1 Å². The summed E-state index contributed by atoms with van der Waals surface area (Å²) in [7, 11) is 0.213. The van der Waals surface area contributed by atoms with Crippen molar-refractivity contribution >= 4 is 10.8 Å². The van der Waals surface area contributed by atoms with E-state index in [-0.39, 0.29) is 22.3 Å². The van der Waals surface area contributed by atoms with Crippen molar-refractivity contribution in [3.8, 4) is 0 Å². The summed E-state index contributed by atoms with van der Waals surface area (Å²) < 4.78 is 38.1. The quantitative estimate of drug-likeness (QED) is 0.769. The first-order valence-corrected chi connectivity index (χ1v) is 5.50. The molecule has 2 nitrogen and oxygen atoms in total. The molecule has 2 rings (SSSR count). The second kappa shape index (κ2) is 3.40. The summed E-state index contributed by atoms with van der Waals surface area (Å²) in [5.74, 6) is -0.840. The molecule has 0 saturated heterocycles. The highest BCUT2D eigenvalue weighted by molar-refractivity contribution is 7.85. The minimum Gasteiger partial charge on any atom is -0.312 e. The van der Waals surface area contributed by atoms with Crippen molar-refractivity contribution in [2.45, 2.75) is 10.9 Å². The van der Waals surface area contributed by atoms with Crippen LogP contribution in [0, 0.1) is 11.6 Å². The van der Waals surface area contributed by atoms with Gasteiger partial charge in [-0.2, -0.15) is 0 Å². The number of halogens is 2. The highest BCUT2D eigenvalue weighted by Gasteiger charge is 2.32. The zero-order chi connectivity index (χ0) is 10.3. The first-order valence-electron chi connectivity index (χ1n) is 4.18. The molecule has 2 unspecified atom stereocenters. The summed E-state index contributed by atoms with van der Waals surface area (Å²) in [5.41, 5.74) is 0.214. The third-order valence-corrected chi connectivity index (χ3v) is 3.84. The lowest BCUT2D eigenvalue weighted by Gasteiger charge is -2.08. The normalized spacial score (nSPS) is 25.1. The number of fused-ring (bicyclic) bond motifs is 1. The maximum Gasteiger partial charge on any atom is 0.139 e. The minimum absolute atomic E-state index is 0.0179. The van der Waals surface area contributed by atoms with Crippen LogP contribution in [-0.4, -0.2) is 17.0 Å². The molecule has 5 heteroatoms. The van der Waals surface area contributed by atoms with E-state index < -0.39 is 22.4 Å². The molecule has 0 fully saturated rings. The molecule has 1 aromatic rings. The largest absolute Gasteiger partial charge is 0.312 e. The molecule has 0 spiro atoms. The molecule has 1 aliphatic rings. The lowest BCUT2D eigenvalue weighted by Crippen LogP contribution is -2.17. The molecular formula is C9H9F2NOS. The Balaban J connectivity index is 2.66. The smallest absolute Gasteiger partial charge is 0.139 e. The summed E-state index contributed by atoms with van der Waals surface area (Å²) >= 11 is 0. The van der Waals surface area contributed by atoms with Gasteiger partial charge in [0.1, 0.15) is 11.6 Å². The van der Waals surface area contributed by atoms with E-state index in [9.17, 15) is 13.0 Å². The van der Waals surface area contributed by atoms with Crippen molar-refractivity contribution in [1.29, 1.82) is 0 Å². The van der Waals surface area contributed by atoms with Crippen molar-refractivity contribution in [3.63, 3.8) is 0 Å². The predicted octanol–water partition coefficient (Wildman–Crippen LogP) is 1.35. The Bertz CT molecular complexity index is 408. The molecule has 0 aromatic heterocycles. The van der Waals surface area contributed by atoms with Crippen LogP contribution in [0.25, 0.3) is 0 Å². The van der Waals surface area contributed by atoms with Gasteiger partial charge in [0.2, 0.25) is 0 Å². The van der Waals surface area contributed by atoms with Crippen molar-refractivity contribution in [1.82, 2.24) is 5.32 Å². The Morgan fingerprint density at radius 3 is 2.71 bits per heavy atom. The fourth-order valence-electron chi connectivity index (χ4n) is 1.65. The third kappa shape index (κ3) is 1.27. The second-order valence-electron chi connectivity index (χ2n) is 3.13. The van der Waals surface area contributed by atoms with Gasteiger partial charge in [-0.25, -0.2) is 8.78 Å². The van der Waals surface area contributed by atoms with Gasteiger partial charge in [0.05, 0.1) is 15.7 Å². The Labute approximate surface area is 82.8 Å². The molecule has 2 atom stereocenters. The van der Waals surface area contributed by atoms with Gasteiger partial charge in [-0.05, 0) is 19.2 Å². The van der Waals surface area contributed by atoms with Gasteiger partial charge >= 0.3 is 0 Å². The number of hydrogen-bond acceptors (Lipinski definition) is 2. The summed E-state index contributed by atoms with van der Waals surface area (Å²) in [6.07, 6.45) is 0. The van der Waals surface area contributed by atoms with Crippen molar-refractivity contribution in [3.05, 3.63) is 29.3 Å². The van der Waals surface area contributed by atoms with E-state index in [1.54, 1.807) is 7.05 Å². The van der Waals surface area contributed by atoms with E-state index in [4.69, 9.17) is 0 Å². The van der Waals surface area contributed by atoms with Crippen molar-refractivity contribution < 1.29 is 13.0 Å². The predicted molar refractivity (Wildman–Crippen MR) is 49.4 cm³/mol. The second-order valence-corrected chi connectivity index (χ2v) is 4.56. The fourth-order valence-corrected chi connectivity index (χ4v) is 3.22. The third-order valence-electron chi connectivity index (χ3n) is 2.34. The molecule has 1 N–H and O–H groups in total. The van der Waals surface area contributed by atoms with Gasteiger partial charge in [-0.1, -0.05) is 0 Å². The number of nitrogens with one attached hydrogen (secondary N) is 1. The lowest BCUT2D eigenvalue weighted by atomic mass is 10.1. The van der Waals surface area contributed by atoms with Crippen LogP contribution in [0.15, 0.2) is 17.0 Å². The molecule has 0 saturated carbocycles. The Morgan fingerprint density at radius 2 is 2.07 bits per heavy atom. The first-order chi connectivity index (χ1) is 6.65. The average Bonchev–Trinajstić information content (AvgIpc) is 2.50. The lowest BCUT2D eigenvalue weighted by molar-refractivity contribution is 0.536. The highest BCUT2D eigenvalue weighted by Crippen LogP contribution is 2.34. The van der Waals surface area contributed by atoms with Crippen molar-refractivity contribution in [2.24, 2.45) is 0 Å². The van der Waals surface area contributed by atoms with Crippen LogP contribution in [0.3, 0.4) is 0 Å². The molecule has 1 heterocycles. The van der Waals surface area contributed by atoms with E-state index in [1.807, 2.05) is 0 Å². The van der Waals surface area contributed by atoms with Crippen LogP contribution < -0.4 is 5.32 Å². The van der Waals surface area contributed by atoms with Crippen LogP contribution in [-0.2, 0) is 10.8 Å². The van der Waals surface area contributed by atoms with E-state index in [2.05, 4.69) is 5.32 Å². The van der Waals surface area contributed by atoms with E-state index >= 15 is 0 Å². The number of rotatable bonds is 1. The summed E-state index contributed by atoms with van der Waals surface area (Å²) in [4.78, 5) is 0.0179. The zero-order valence-corrected chi connectivity index (χ0v) is 8.33. The topological polar surface area (TPSA) is 29.1 Å². The molecule has 0 radical (unpaired) electrons. The van der Waals surface area contributed by atoms with Gasteiger partial charge in [0, 0.05) is 17.4 Å². The fraction of sp³-hybridized carbons (Fsp3) is 0.333. The molecular weight excluding hydrogens is 208 g/mol. The molecule has 0 aliphatic carbocycles. The standard InChI is InChI=1S/C9H9F2NOS/c1-12-7-4-14(13)9-6(11)3-2-5(10)8(7)9/h2-3,7,12H,4H2,1H3. The van der Waals surface area contributed by atoms with E-state index in [0.29, 0.717) is 0 Å². The van der Waals surface area contributed by atoms with Gasteiger partial charge in [0.15, 0.2) is 0 Å². The van der Waals surface area contributed by atoms with Gasteiger partial charge in [0.25, 0.3) is 0 Å². The van der Waals surface area contributed by atoms with Gasteiger partial charge in [-0.15, -0.1) is 0 Å². The highest BCUT2D eigenvalue weighted by atomic mass is 32.2. The molecule has 1 aromatic carbocycles. The Morgan fingerprint density at radius 1 is 1.43 bits per heavy atom. The van der Waals surface area contributed by atoms with Crippen LogP contribution in [0.2, 0.25) is 0 Å². The van der Waals surface area contributed by atoms with Gasteiger partial charge in [-0.3, -0.25) is 4.21 Å². The van der Waals surface area contributed by atoms with Crippen molar-refractivity contribution in [2.75, 3.05) is 12.8 Å². The summed E-state index contributed by atoms with van der Waals surface area (Å²) in [6.45, 7) is 0. The summed E-state index contributed by atoms with van der Waals surface area (Å²) in [5, 5.41) is 2.82. The van der Waals surface area contributed by atoms with Gasteiger partial charge < -0.3 is 5.32 Å². The van der Waals surface area contributed by atoms with Crippen LogP contribution in [0.4, 0.5) is 8.78 Å². The summed E-state index contributed by atoms with van der Waals surface area (Å²) in [6, 6.07) is 1.74. The van der Waals surface area contributed by atoms with Crippen LogP contribution >= 0.6 is 0 Å². The number of hydrogen-bond donors (Lipinski definition) is 1. The monoisotopic (exact) mass is 217 g/mol. The molecule has 0 bridgehead atoms. The number of benzene rings is 1. The first kappa shape index (κ1) is 9.73. The average molecular weight is 217 g/mol. The van der Waals surface area contributed by atoms with Crippen LogP contribution in [0.1, 0.15) is 11.6 Å². The Kier molecular flexibility index (Phi) is 2.36. The molecule has 14 heavy (non-hydrogen) atoms. The van der Waals surface area contributed by atoms with Crippen LogP contribution in [0.5, 0.6) is 0 Å². The Hall–Kier alpha value is -0.810. The van der Waals surface area contributed by atoms with E-state index in [1.165, 1.54) is 0 Å². The zero-order valence-electron chi connectivity index (χ0n) is 7.51. The molecule has 0 amide bonds. The molecule has 76 valence electrons. The minimum atomic E-state index is -1.43. The maximum absolute atomic E-state index is 13.3. The maximum atomic E-state index is 13.3. The molecule has 1 aliphatic heterocycles. The SMILES string of the molecule is CNC1CS(=O)c2c(F)ccc(F)c21.